The number of amides is 1. The average Bonchev–Trinajstić information content (AvgIpc) is 3.41. The topological polar surface area (TPSA) is 114 Å². The molecular formula is C25H21F3N6O3S. The number of non-ortho nitro benzene ring substituents is 1. The number of rotatable bonds is 8. The molecule has 1 amide bonds. The third-order valence-electron chi connectivity index (χ3n) is 5.50. The summed E-state index contributed by atoms with van der Waals surface area (Å²) < 4.78 is 40.6. The second kappa shape index (κ2) is 10.8. The van der Waals surface area contributed by atoms with Crippen LogP contribution in [0.2, 0.25) is 0 Å². The van der Waals surface area contributed by atoms with Crippen molar-refractivity contribution in [3.63, 3.8) is 0 Å². The maximum atomic E-state index is 12.9. The minimum Gasteiger partial charge on any atom is -0.332 e. The Hall–Kier alpha value is -4.52. The third kappa shape index (κ3) is 6.24. The molecule has 4 rings (SSSR count). The van der Waals surface area contributed by atoms with E-state index in [1.807, 2.05) is 24.5 Å². The highest BCUT2D eigenvalue weighted by atomic mass is 32.1. The van der Waals surface area contributed by atoms with Crippen molar-refractivity contribution >= 4 is 40.0 Å². The van der Waals surface area contributed by atoms with Gasteiger partial charge in [0.15, 0.2) is 5.13 Å². The lowest BCUT2D eigenvalue weighted by molar-refractivity contribution is -0.384. The predicted octanol–water partition coefficient (Wildman–Crippen LogP) is 5.91. The van der Waals surface area contributed by atoms with Crippen LogP contribution < -0.4 is 10.7 Å². The zero-order valence-electron chi connectivity index (χ0n) is 20.1. The lowest BCUT2D eigenvalue weighted by Crippen LogP contribution is -2.20. The van der Waals surface area contributed by atoms with Gasteiger partial charge in [-0.1, -0.05) is 12.1 Å². The van der Waals surface area contributed by atoms with Crippen molar-refractivity contribution in [3.8, 4) is 5.69 Å². The van der Waals surface area contributed by atoms with E-state index in [0.717, 1.165) is 40.4 Å². The molecular weight excluding hydrogens is 521 g/mol. The molecule has 0 aliphatic carbocycles. The summed E-state index contributed by atoms with van der Waals surface area (Å²) in [5.74, 6) is -0.426. The number of nitrogens with one attached hydrogen (secondary N) is 2. The number of halogens is 3. The van der Waals surface area contributed by atoms with Crippen LogP contribution in [0.4, 0.5) is 29.7 Å². The fraction of sp³-hybridized carbons (Fsp3) is 0.160. The molecule has 0 bridgehead atoms. The van der Waals surface area contributed by atoms with Crippen molar-refractivity contribution in [3.05, 3.63) is 98.3 Å². The van der Waals surface area contributed by atoms with Crippen molar-refractivity contribution in [2.24, 2.45) is 5.10 Å². The van der Waals surface area contributed by atoms with E-state index in [2.05, 4.69) is 20.8 Å². The fourth-order valence-corrected chi connectivity index (χ4v) is 4.51. The molecule has 2 N–H and O–H groups in total. The molecule has 2 heterocycles. The van der Waals surface area contributed by atoms with Crippen LogP contribution in [-0.2, 0) is 17.4 Å². The number of thiazole rings is 1. The van der Waals surface area contributed by atoms with Gasteiger partial charge in [0.25, 0.3) is 5.69 Å². The minimum absolute atomic E-state index is 0.0206. The first-order chi connectivity index (χ1) is 18.0. The molecule has 0 saturated carbocycles. The first kappa shape index (κ1) is 26.5. The van der Waals surface area contributed by atoms with Crippen LogP contribution in [0.5, 0.6) is 0 Å². The van der Waals surface area contributed by atoms with Gasteiger partial charge in [-0.25, -0.2) is 10.4 Å². The van der Waals surface area contributed by atoms with Crippen LogP contribution in [0.25, 0.3) is 5.69 Å². The molecule has 9 nitrogen and oxygen atoms in total. The van der Waals surface area contributed by atoms with Crippen LogP contribution in [0.1, 0.15) is 28.2 Å². The number of hydrogen-bond donors (Lipinski definition) is 2. The Labute approximate surface area is 218 Å². The largest absolute Gasteiger partial charge is 0.416 e. The lowest BCUT2D eigenvalue weighted by Gasteiger charge is -2.09. The van der Waals surface area contributed by atoms with Crippen molar-refractivity contribution < 1.29 is 22.9 Å². The quantitative estimate of drug-likeness (QED) is 0.163. The minimum atomic E-state index is -4.45. The Kier molecular flexibility index (Phi) is 7.57. The van der Waals surface area contributed by atoms with Gasteiger partial charge in [-0.2, -0.15) is 18.3 Å². The number of aryl methyl sites for hydroxylation is 1. The van der Waals surface area contributed by atoms with Crippen LogP contribution in [0.15, 0.2) is 65.1 Å². The molecule has 0 fully saturated rings. The number of anilines is 2. The van der Waals surface area contributed by atoms with E-state index in [0.29, 0.717) is 16.5 Å². The summed E-state index contributed by atoms with van der Waals surface area (Å²) >= 11 is 1.16. The van der Waals surface area contributed by atoms with Gasteiger partial charge in [0.1, 0.15) is 0 Å². The molecule has 196 valence electrons. The maximum Gasteiger partial charge on any atom is 0.416 e. The van der Waals surface area contributed by atoms with E-state index in [1.165, 1.54) is 30.5 Å². The smallest absolute Gasteiger partial charge is 0.332 e. The molecule has 0 spiro atoms. The summed E-state index contributed by atoms with van der Waals surface area (Å²) in [6.45, 7) is 3.69. The number of benzene rings is 2. The van der Waals surface area contributed by atoms with Gasteiger partial charge in [-0.05, 0) is 44.2 Å². The molecule has 0 radical (unpaired) electrons. The number of hydrazone groups is 1. The van der Waals surface area contributed by atoms with Crippen molar-refractivity contribution in [2.75, 3.05) is 5.32 Å². The molecule has 0 atom stereocenters. The number of hydrogen-bond acceptors (Lipinski definition) is 7. The molecule has 2 aromatic carbocycles. The van der Waals surface area contributed by atoms with E-state index in [4.69, 9.17) is 0 Å². The number of aromatic nitrogens is 2. The Morgan fingerprint density at radius 2 is 1.95 bits per heavy atom. The summed E-state index contributed by atoms with van der Waals surface area (Å²) in [6, 6.07) is 12.9. The first-order valence-electron chi connectivity index (χ1n) is 11.2. The monoisotopic (exact) mass is 542 g/mol. The lowest BCUT2D eigenvalue weighted by atomic mass is 10.2. The van der Waals surface area contributed by atoms with Gasteiger partial charge >= 0.3 is 6.18 Å². The molecule has 2 aromatic heterocycles. The Morgan fingerprint density at radius 3 is 2.68 bits per heavy atom. The van der Waals surface area contributed by atoms with E-state index in [9.17, 15) is 28.1 Å². The van der Waals surface area contributed by atoms with Crippen LogP contribution >= 0.6 is 11.3 Å². The van der Waals surface area contributed by atoms with Gasteiger partial charge in [0.05, 0.1) is 34.5 Å². The summed E-state index contributed by atoms with van der Waals surface area (Å²) in [6.07, 6.45) is -3.05. The highest BCUT2D eigenvalue weighted by Gasteiger charge is 2.30. The van der Waals surface area contributed by atoms with Crippen LogP contribution in [0, 0.1) is 24.0 Å². The highest BCUT2D eigenvalue weighted by molar-refractivity contribution is 7.13. The summed E-state index contributed by atoms with van der Waals surface area (Å²) in [7, 11) is 0. The number of carbonyl (C=O) groups is 1. The second-order valence-corrected chi connectivity index (χ2v) is 9.11. The Balaban J connectivity index is 1.37. The summed E-state index contributed by atoms with van der Waals surface area (Å²) in [5, 5.41) is 19.9. The van der Waals surface area contributed by atoms with Gasteiger partial charge in [0, 0.05) is 40.2 Å². The summed E-state index contributed by atoms with van der Waals surface area (Å²) in [4.78, 5) is 27.2. The zero-order chi connectivity index (χ0) is 27.4. The van der Waals surface area contributed by atoms with E-state index in [-0.39, 0.29) is 17.8 Å². The molecule has 13 heteroatoms. The Bertz CT molecular complexity index is 1530. The molecule has 0 aliphatic rings. The normalized spacial score (nSPS) is 11.6. The predicted molar refractivity (Wildman–Crippen MR) is 138 cm³/mol. The average molecular weight is 543 g/mol. The highest BCUT2D eigenvalue weighted by Crippen LogP contribution is 2.32. The second-order valence-electron chi connectivity index (χ2n) is 8.26. The van der Waals surface area contributed by atoms with Gasteiger partial charge < -0.3 is 9.88 Å². The molecule has 4 aromatic rings. The molecule has 0 saturated heterocycles. The number of carbonyl (C=O) groups excluding carboxylic acids is 1. The first-order valence-corrected chi connectivity index (χ1v) is 12.0. The molecule has 38 heavy (non-hydrogen) atoms. The van der Waals surface area contributed by atoms with Gasteiger partial charge in [-0.3, -0.25) is 14.9 Å². The maximum absolute atomic E-state index is 12.9. The van der Waals surface area contributed by atoms with E-state index < -0.39 is 22.6 Å². The van der Waals surface area contributed by atoms with Crippen molar-refractivity contribution in [1.82, 2.24) is 15.0 Å². The number of nitro benzene ring substituents is 1. The van der Waals surface area contributed by atoms with Gasteiger partial charge in [-0.15, -0.1) is 11.3 Å². The molecule has 0 aliphatic heterocycles. The number of alkyl halides is 3. The standard InChI is InChI=1S/C25H21F3N6O3S/c1-15-9-17(16(2)33(15)21-7-4-8-22(12-21)34(36)37)13-29-32-23(35)11-20-14-38-24(31-20)30-19-6-3-5-18(10-19)25(26,27)28/h3-10,12-14H,11H2,1-2H3,(H,30,31)(H,32,35)/b29-13-. The summed E-state index contributed by atoms with van der Waals surface area (Å²) in [5.41, 5.74) is 5.27. The third-order valence-corrected chi connectivity index (χ3v) is 6.30. The van der Waals surface area contributed by atoms with Crippen LogP contribution in [0.3, 0.4) is 0 Å². The fourth-order valence-electron chi connectivity index (χ4n) is 3.78. The van der Waals surface area contributed by atoms with Gasteiger partial charge in [0.2, 0.25) is 5.91 Å². The number of nitro groups is 1. The van der Waals surface area contributed by atoms with Crippen molar-refractivity contribution in [2.45, 2.75) is 26.4 Å². The van der Waals surface area contributed by atoms with Crippen LogP contribution in [-0.4, -0.2) is 26.6 Å². The molecule has 0 unspecified atom stereocenters. The SMILES string of the molecule is Cc1cc(/C=N\NC(=O)Cc2csc(Nc3cccc(C(F)(F)F)c3)n2)c(C)n1-c1cccc([N+](=O)[O-])c1. The Morgan fingerprint density at radius 1 is 1.18 bits per heavy atom. The van der Waals surface area contributed by atoms with Crippen molar-refractivity contribution in [1.29, 1.82) is 0 Å². The van der Waals surface area contributed by atoms with E-state index >= 15 is 0 Å². The zero-order valence-corrected chi connectivity index (χ0v) is 20.9. The van der Waals surface area contributed by atoms with E-state index in [1.54, 1.807) is 17.5 Å². The number of nitrogens with zero attached hydrogens (tertiary/aromatic N) is 4.